The molecule has 4 atom stereocenters. The molecule has 0 aliphatic carbocycles. The molecule has 2 rings (SSSR count). The zero-order chi connectivity index (χ0) is 10.3. The molecule has 2 aliphatic heterocycles. The van der Waals surface area contributed by atoms with E-state index in [9.17, 15) is 5.11 Å². The van der Waals surface area contributed by atoms with E-state index in [1.165, 1.54) is 0 Å². The predicted octanol–water partition coefficient (Wildman–Crippen LogP) is 0.587. The summed E-state index contributed by atoms with van der Waals surface area (Å²) in [7, 11) is 1.60. The van der Waals surface area contributed by atoms with Gasteiger partial charge in [0.05, 0.1) is 6.10 Å². The van der Waals surface area contributed by atoms with Crippen LogP contribution in [0.25, 0.3) is 0 Å². The van der Waals surface area contributed by atoms with Gasteiger partial charge in [0.25, 0.3) is 0 Å². The second-order valence-electron chi connectivity index (χ2n) is 4.07. The average Bonchev–Trinajstić information content (AvgIpc) is 2.42. The van der Waals surface area contributed by atoms with Crippen molar-refractivity contribution in [3.8, 4) is 0 Å². The van der Waals surface area contributed by atoms with Gasteiger partial charge in [-0.25, -0.2) is 0 Å². The minimum absolute atomic E-state index is 0.0172. The molecule has 5 heteroatoms. The van der Waals surface area contributed by atoms with Gasteiger partial charge >= 0.3 is 0 Å². The van der Waals surface area contributed by atoms with E-state index in [0.29, 0.717) is 0 Å². The number of hydrogen-bond donors (Lipinski definition) is 1. The molecule has 2 saturated heterocycles. The van der Waals surface area contributed by atoms with E-state index < -0.39 is 11.9 Å². The minimum Gasteiger partial charge on any atom is -0.387 e. The summed E-state index contributed by atoms with van der Waals surface area (Å²) in [6.07, 6.45) is -0.877. The molecule has 2 aliphatic rings. The summed E-state index contributed by atoms with van der Waals surface area (Å²) in [5.41, 5.74) is -0.200. The van der Waals surface area contributed by atoms with Crippen LogP contribution in [0.3, 0.4) is 0 Å². The fourth-order valence-electron chi connectivity index (χ4n) is 1.93. The molecular formula is C9H16O4S. The number of methoxy groups -OCH3 is 1. The number of hydrogen-bond acceptors (Lipinski definition) is 5. The summed E-state index contributed by atoms with van der Waals surface area (Å²) in [6, 6.07) is 0. The number of aliphatic hydroxyl groups excluding tert-OH is 1. The normalized spacial score (nSPS) is 46.3. The largest absolute Gasteiger partial charge is 0.387 e. The molecule has 0 spiro atoms. The number of fused-ring (bicyclic) bond motifs is 1. The third-order valence-corrected chi connectivity index (χ3v) is 3.81. The zero-order valence-electron chi connectivity index (χ0n) is 8.60. The summed E-state index contributed by atoms with van der Waals surface area (Å²) >= 11 is 1.57. The minimum atomic E-state index is -0.606. The first-order valence-electron chi connectivity index (χ1n) is 4.71. The van der Waals surface area contributed by atoms with Crippen molar-refractivity contribution < 1.29 is 19.3 Å². The van der Waals surface area contributed by atoms with E-state index in [1.807, 2.05) is 13.8 Å². The highest BCUT2D eigenvalue weighted by Crippen LogP contribution is 2.38. The van der Waals surface area contributed by atoms with E-state index in [-0.39, 0.29) is 17.6 Å². The molecule has 0 aromatic carbocycles. The van der Waals surface area contributed by atoms with Gasteiger partial charge in [0.1, 0.15) is 17.6 Å². The molecule has 0 radical (unpaired) electrons. The maximum absolute atomic E-state index is 9.92. The van der Waals surface area contributed by atoms with Crippen LogP contribution in [-0.2, 0) is 14.2 Å². The Kier molecular flexibility index (Phi) is 2.79. The fraction of sp³-hybridized carbons (Fsp3) is 1.00. The lowest BCUT2D eigenvalue weighted by Gasteiger charge is -2.33. The second-order valence-corrected chi connectivity index (χ2v) is 5.20. The summed E-state index contributed by atoms with van der Waals surface area (Å²) in [5.74, 6) is 0.225. The van der Waals surface area contributed by atoms with Gasteiger partial charge in [-0.05, 0) is 13.8 Å². The molecule has 14 heavy (non-hydrogen) atoms. The fourth-order valence-corrected chi connectivity index (χ4v) is 3.06. The molecule has 1 N–H and O–H groups in total. The smallest absolute Gasteiger partial charge is 0.163 e. The van der Waals surface area contributed by atoms with Crippen LogP contribution in [0.15, 0.2) is 0 Å². The van der Waals surface area contributed by atoms with Gasteiger partial charge in [-0.3, -0.25) is 0 Å². The summed E-state index contributed by atoms with van der Waals surface area (Å²) in [5, 5.41) is 9.92. The monoisotopic (exact) mass is 220 g/mol. The quantitative estimate of drug-likeness (QED) is 0.700. The Labute approximate surface area is 87.9 Å². The second kappa shape index (κ2) is 3.64. The molecule has 0 amide bonds. The Morgan fingerprint density at radius 1 is 1.43 bits per heavy atom. The number of thioether (sulfide) groups is 1. The van der Waals surface area contributed by atoms with Crippen LogP contribution in [0, 0.1) is 0 Å². The van der Waals surface area contributed by atoms with Crippen LogP contribution < -0.4 is 0 Å². The van der Waals surface area contributed by atoms with Crippen LogP contribution in [-0.4, -0.2) is 47.5 Å². The Morgan fingerprint density at radius 2 is 2.14 bits per heavy atom. The first-order chi connectivity index (χ1) is 6.53. The highest BCUT2D eigenvalue weighted by Gasteiger charge is 2.50. The van der Waals surface area contributed by atoms with Gasteiger partial charge in [0.2, 0.25) is 0 Å². The molecule has 0 unspecified atom stereocenters. The first kappa shape index (κ1) is 10.7. The third-order valence-electron chi connectivity index (χ3n) is 2.49. The lowest BCUT2D eigenvalue weighted by atomic mass is 10.1. The summed E-state index contributed by atoms with van der Waals surface area (Å²) in [4.78, 5) is 0. The van der Waals surface area contributed by atoms with Crippen molar-refractivity contribution >= 4 is 11.8 Å². The van der Waals surface area contributed by atoms with E-state index in [2.05, 4.69) is 0 Å². The van der Waals surface area contributed by atoms with Crippen LogP contribution in [0.1, 0.15) is 13.8 Å². The lowest BCUT2D eigenvalue weighted by molar-refractivity contribution is -0.158. The van der Waals surface area contributed by atoms with Gasteiger partial charge in [-0.1, -0.05) is 0 Å². The van der Waals surface area contributed by atoms with E-state index in [4.69, 9.17) is 14.2 Å². The van der Waals surface area contributed by atoms with Crippen molar-refractivity contribution in [1.82, 2.24) is 0 Å². The standard InChI is InChI=1S/C9H16O4S/c1-9(2)12-5-4-14-8(11-3)6(10)7(5)13-9/h5-8,10H,4H2,1-3H3/t5-,6+,7-,8-/m0/s1. The highest BCUT2D eigenvalue weighted by atomic mass is 32.2. The number of aliphatic hydroxyl groups is 1. The Hall–Kier alpha value is 0.190. The number of rotatable bonds is 1. The molecule has 0 saturated carbocycles. The zero-order valence-corrected chi connectivity index (χ0v) is 9.41. The van der Waals surface area contributed by atoms with Crippen LogP contribution in [0.2, 0.25) is 0 Å². The van der Waals surface area contributed by atoms with Gasteiger partial charge in [-0.15, -0.1) is 11.8 Å². The van der Waals surface area contributed by atoms with E-state index >= 15 is 0 Å². The Morgan fingerprint density at radius 3 is 2.79 bits per heavy atom. The van der Waals surface area contributed by atoms with Crippen molar-refractivity contribution in [2.24, 2.45) is 0 Å². The third kappa shape index (κ3) is 1.79. The van der Waals surface area contributed by atoms with Gasteiger partial charge < -0.3 is 19.3 Å². The van der Waals surface area contributed by atoms with E-state index in [0.717, 1.165) is 5.75 Å². The molecule has 0 aromatic rings. The first-order valence-corrected chi connectivity index (χ1v) is 5.76. The van der Waals surface area contributed by atoms with Crippen molar-refractivity contribution in [3.05, 3.63) is 0 Å². The molecule has 2 fully saturated rings. The van der Waals surface area contributed by atoms with Crippen molar-refractivity contribution in [1.29, 1.82) is 0 Å². The SMILES string of the molecule is CO[C@H]1SC[C@@H]2OC(C)(C)O[C@@H]2[C@H]1O. The average molecular weight is 220 g/mol. The molecule has 82 valence electrons. The molecule has 0 aromatic heterocycles. The van der Waals surface area contributed by atoms with Gasteiger partial charge in [0, 0.05) is 12.9 Å². The highest BCUT2D eigenvalue weighted by molar-refractivity contribution is 7.99. The van der Waals surface area contributed by atoms with Crippen LogP contribution in [0.5, 0.6) is 0 Å². The molecule has 2 heterocycles. The lowest BCUT2D eigenvalue weighted by Crippen LogP contribution is -2.48. The van der Waals surface area contributed by atoms with Crippen molar-refractivity contribution in [2.45, 2.75) is 43.4 Å². The van der Waals surface area contributed by atoms with Crippen molar-refractivity contribution in [3.63, 3.8) is 0 Å². The predicted molar refractivity (Wildman–Crippen MR) is 53.1 cm³/mol. The molecule has 0 bridgehead atoms. The maximum atomic E-state index is 9.92. The Bertz CT molecular complexity index is 221. The Balaban J connectivity index is 2.08. The molecular weight excluding hydrogens is 204 g/mol. The number of ether oxygens (including phenoxy) is 3. The summed E-state index contributed by atoms with van der Waals surface area (Å²) in [6.45, 7) is 3.73. The summed E-state index contributed by atoms with van der Waals surface area (Å²) < 4.78 is 16.4. The van der Waals surface area contributed by atoms with Gasteiger partial charge in [0.15, 0.2) is 5.79 Å². The van der Waals surface area contributed by atoms with Crippen molar-refractivity contribution in [2.75, 3.05) is 12.9 Å². The van der Waals surface area contributed by atoms with Gasteiger partial charge in [-0.2, -0.15) is 0 Å². The maximum Gasteiger partial charge on any atom is 0.163 e. The van der Waals surface area contributed by atoms with Crippen LogP contribution in [0.4, 0.5) is 0 Å². The topological polar surface area (TPSA) is 47.9 Å². The molecule has 4 nitrogen and oxygen atoms in total. The van der Waals surface area contributed by atoms with Crippen LogP contribution >= 0.6 is 11.8 Å². The van der Waals surface area contributed by atoms with E-state index in [1.54, 1.807) is 18.9 Å².